The molecule has 1 N–H and O–H groups in total. The van der Waals surface area contributed by atoms with Crippen molar-refractivity contribution in [1.82, 2.24) is 4.90 Å². The maximum Gasteiger partial charge on any atom is 0.310 e. The molecule has 0 aromatic rings. The lowest BCUT2D eigenvalue weighted by Crippen LogP contribution is -2.45. The summed E-state index contributed by atoms with van der Waals surface area (Å²) in [7, 11) is 0. The summed E-state index contributed by atoms with van der Waals surface area (Å²) in [6.07, 6.45) is 7.92. The van der Waals surface area contributed by atoms with Gasteiger partial charge in [0, 0.05) is 24.8 Å². The zero-order valence-electron chi connectivity index (χ0n) is 11.6. The van der Waals surface area contributed by atoms with Gasteiger partial charge < -0.3 is 10.0 Å². The largest absolute Gasteiger partial charge is 0.481 e. The molecule has 1 heterocycles. The normalized spacial score (nSPS) is 26.4. The molecule has 1 atom stereocenters. The lowest BCUT2D eigenvalue weighted by atomic mass is 9.66. The lowest BCUT2D eigenvalue weighted by Gasteiger charge is -2.38. The predicted molar refractivity (Wildman–Crippen MR) is 76.3 cm³/mol. The number of carbonyl (C=O) groups is 2. The molecule has 1 amide bonds. The Bertz CT molecular complexity index is 355. The molecular weight excluding hydrogens is 262 g/mol. The molecule has 1 aliphatic carbocycles. The Hall–Kier alpha value is -0.710. The van der Waals surface area contributed by atoms with Gasteiger partial charge in [0.05, 0.1) is 5.41 Å². The van der Waals surface area contributed by atoms with Crippen LogP contribution in [-0.2, 0) is 9.59 Å². The maximum absolute atomic E-state index is 12.4. The van der Waals surface area contributed by atoms with Crippen LogP contribution >= 0.6 is 11.8 Å². The van der Waals surface area contributed by atoms with Crippen molar-refractivity contribution in [2.24, 2.45) is 5.41 Å². The van der Waals surface area contributed by atoms with E-state index in [4.69, 9.17) is 0 Å². The first-order chi connectivity index (χ1) is 9.07. The first kappa shape index (κ1) is 14.7. The summed E-state index contributed by atoms with van der Waals surface area (Å²) < 4.78 is 0. The molecule has 0 aromatic heterocycles. The highest BCUT2D eigenvalue weighted by atomic mass is 32.2. The van der Waals surface area contributed by atoms with Crippen LogP contribution in [0.4, 0.5) is 0 Å². The summed E-state index contributed by atoms with van der Waals surface area (Å²) in [5.41, 5.74) is -0.752. The summed E-state index contributed by atoms with van der Waals surface area (Å²) in [4.78, 5) is 25.6. The SMILES string of the molecule is CSC1CCCCN(C(=O)CC2(C(=O)O)CCC2)C1. The predicted octanol–water partition coefficient (Wildman–Crippen LogP) is 2.38. The third-order valence-corrected chi connectivity index (χ3v) is 5.62. The first-order valence-corrected chi connectivity index (χ1v) is 8.40. The smallest absolute Gasteiger partial charge is 0.310 e. The van der Waals surface area contributed by atoms with E-state index in [-0.39, 0.29) is 12.3 Å². The molecule has 0 radical (unpaired) electrons. The Kier molecular flexibility index (Phi) is 4.76. The molecule has 19 heavy (non-hydrogen) atoms. The van der Waals surface area contributed by atoms with Gasteiger partial charge in [0.1, 0.15) is 0 Å². The molecule has 5 heteroatoms. The van der Waals surface area contributed by atoms with Crippen molar-refractivity contribution in [3.8, 4) is 0 Å². The number of hydrogen-bond donors (Lipinski definition) is 1. The molecule has 4 nitrogen and oxygen atoms in total. The number of hydrogen-bond acceptors (Lipinski definition) is 3. The van der Waals surface area contributed by atoms with Crippen molar-refractivity contribution in [2.45, 2.75) is 50.2 Å². The number of carboxylic acid groups (broad SMARTS) is 1. The molecule has 1 saturated carbocycles. The molecule has 0 spiro atoms. The van der Waals surface area contributed by atoms with Crippen LogP contribution in [0.2, 0.25) is 0 Å². The summed E-state index contributed by atoms with van der Waals surface area (Å²) in [6.45, 7) is 1.58. The second kappa shape index (κ2) is 6.16. The number of carboxylic acids is 1. The Labute approximate surface area is 118 Å². The van der Waals surface area contributed by atoms with Crippen molar-refractivity contribution >= 4 is 23.6 Å². The number of carbonyl (C=O) groups excluding carboxylic acids is 1. The second-order valence-electron chi connectivity index (χ2n) is 5.81. The summed E-state index contributed by atoms with van der Waals surface area (Å²) in [6, 6.07) is 0. The van der Waals surface area contributed by atoms with E-state index in [0.717, 1.165) is 32.4 Å². The fourth-order valence-electron chi connectivity index (χ4n) is 2.99. The quantitative estimate of drug-likeness (QED) is 0.861. The topological polar surface area (TPSA) is 57.6 Å². The Balaban J connectivity index is 1.96. The van der Waals surface area contributed by atoms with Gasteiger partial charge in [-0.1, -0.05) is 12.8 Å². The molecule has 0 bridgehead atoms. The zero-order valence-corrected chi connectivity index (χ0v) is 12.4. The van der Waals surface area contributed by atoms with Gasteiger partial charge in [0.15, 0.2) is 0 Å². The third-order valence-electron chi connectivity index (χ3n) is 4.57. The fraction of sp³-hybridized carbons (Fsp3) is 0.857. The number of thioether (sulfide) groups is 1. The summed E-state index contributed by atoms with van der Waals surface area (Å²) in [5, 5.41) is 9.82. The Morgan fingerprint density at radius 3 is 2.58 bits per heavy atom. The van der Waals surface area contributed by atoms with Crippen molar-refractivity contribution in [2.75, 3.05) is 19.3 Å². The van der Waals surface area contributed by atoms with Gasteiger partial charge in [-0.2, -0.15) is 11.8 Å². The third kappa shape index (κ3) is 3.25. The van der Waals surface area contributed by atoms with Crippen molar-refractivity contribution in [1.29, 1.82) is 0 Å². The highest BCUT2D eigenvalue weighted by Crippen LogP contribution is 2.44. The van der Waals surface area contributed by atoms with Crippen LogP contribution < -0.4 is 0 Å². The molecule has 1 unspecified atom stereocenters. The van der Waals surface area contributed by atoms with Gasteiger partial charge in [-0.05, 0) is 31.9 Å². The van der Waals surface area contributed by atoms with E-state index in [1.165, 1.54) is 6.42 Å². The molecule has 2 fully saturated rings. The Morgan fingerprint density at radius 1 is 1.32 bits per heavy atom. The van der Waals surface area contributed by atoms with Gasteiger partial charge in [0.2, 0.25) is 5.91 Å². The van der Waals surface area contributed by atoms with E-state index < -0.39 is 11.4 Å². The van der Waals surface area contributed by atoms with E-state index in [9.17, 15) is 14.7 Å². The van der Waals surface area contributed by atoms with E-state index >= 15 is 0 Å². The first-order valence-electron chi connectivity index (χ1n) is 7.11. The van der Waals surface area contributed by atoms with Crippen LogP contribution in [-0.4, -0.2) is 46.5 Å². The number of amides is 1. The number of likely N-dealkylation sites (tertiary alicyclic amines) is 1. The monoisotopic (exact) mass is 285 g/mol. The molecule has 2 aliphatic rings. The molecule has 1 saturated heterocycles. The maximum atomic E-state index is 12.4. The van der Waals surface area contributed by atoms with Crippen LogP contribution in [0.25, 0.3) is 0 Å². The molecule has 0 aromatic carbocycles. The van der Waals surface area contributed by atoms with Crippen molar-refractivity contribution in [3.05, 3.63) is 0 Å². The van der Waals surface area contributed by atoms with E-state index in [1.54, 1.807) is 0 Å². The van der Waals surface area contributed by atoms with Gasteiger partial charge >= 0.3 is 5.97 Å². The minimum absolute atomic E-state index is 0.0445. The molecule has 108 valence electrons. The average Bonchev–Trinajstić information content (AvgIpc) is 2.58. The number of nitrogens with zero attached hydrogens (tertiary/aromatic N) is 1. The second-order valence-corrected chi connectivity index (χ2v) is 6.95. The zero-order chi connectivity index (χ0) is 13.9. The standard InChI is InChI=1S/C14H23NO3S/c1-19-11-5-2-3-8-15(10-11)12(16)9-14(13(17)18)6-4-7-14/h11H,2-10H2,1H3,(H,17,18). The van der Waals surface area contributed by atoms with E-state index in [0.29, 0.717) is 18.1 Å². The summed E-state index contributed by atoms with van der Waals surface area (Å²) in [5.74, 6) is -0.744. The lowest BCUT2D eigenvalue weighted by molar-refractivity contribution is -0.159. The van der Waals surface area contributed by atoms with Crippen LogP contribution in [0, 0.1) is 5.41 Å². The summed E-state index contributed by atoms with van der Waals surface area (Å²) >= 11 is 1.81. The highest BCUT2D eigenvalue weighted by Gasteiger charge is 2.46. The fourth-order valence-corrected chi connectivity index (χ4v) is 3.72. The molecular formula is C14H23NO3S. The number of aliphatic carboxylic acids is 1. The van der Waals surface area contributed by atoms with Crippen LogP contribution in [0.1, 0.15) is 44.9 Å². The minimum atomic E-state index is -0.789. The highest BCUT2D eigenvalue weighted by molar-refractivity contribution is 7.99. The van der Waals surface area contributed by atoms with Crippen LogP contribution in [0.5, 0.6) is 0 Å². The van der Waals surface area contributed by atoms with Gasteiger partial charge in [-0.15, -0.1) is 0 Å². The van der Waals surface area contributed by atoms with E-state index in [2.05, 4.69) is 6.26 Å². The average molecular weight is 285 g/mol. The van der Waals surface area contributed by atoms with Crippen LogP contribution in [0.3, 0.4) is 0 Å². The van der Waals surface area contributed by atoms with Gasteiger partial charge in [-0.25, -0.2) is 0 Å². The molecule has 2 rings (SSSR count). The van der Waals surface area contributed by atoms with Gasteiger partial charge in [0.25, 0.3) is 0 Å². The number of rotatable bonds is 4. The minimum Gasteiger partial charge on any atom is -0.481 e. The van der Waals surface area contributed by atoms with Crippen LogP contribution in [0.15, 0.2) is 0 Å². The van der Waals surface area contributed by atoms with Crippen molar-refractivity contribution < 1.29 is 14.7 Å². The molecule has 1 aliphatic heterocycles. The van der Waals surface area contributed by atoms with Crippen molar-refractivity contribution in [3.63, 3.8) is 0 Å². The van der Waals surface area contributed by atoms with Gasteiger partial charge in [-0.3, -0.25) is 9.59 Å². The Morgan fingerprint density at radius 2 is 2.05 bits per heavy atom. The van der Waals surface area contributed by atoms with E-state index in [1.807, 2.05) is 16.7 Å².